The van der Waals surface area contributed by atoms with Crippen LogP contribution in [0.3, 0.4) is 0 Å². The predicted molar refractivity (Wildman–Crippen MR) is 111 cm³/mol. The van der Waals surface area contributed by atoms with Crippen LogP contribution in [0.2, 0.25) is 0 Å². The lowest BCUT2D eigenvalue weighted by molar-refractivity contribution is -0.116. The van der Waals surface area contributed by atoms with E-state index in [1.165, 1.54) is 17.3 Å². The van der Waals surface area contributed by atoms with E-state index in [-0.39, 0.29) is 11.6 Å². The summed E-state index contributed by atoms with van der Waals surface area (Å²) in [7, 11) is 0. The number of ketones is 2. The van der Waals surface area contributed by atoms with Crippen molar-refractivity contribution in [2.45, 2.75) is 51.2 Å². The average Bonchev–Trinajstić information content (AvgIpc) is 3.36. The first-order chi connectivity index (χ1) is 13.6. The molecule has 5 nitrogen and oxygen atoms in total. The maximum absolute atomic E-state index is 12.3. The van der Waals surface area contributed by atoms with Crippen LogP contribution >= 0.6 is 11.8 Å². The van der Waals surface area contributed by atoms with Crippen LogP contribution in [-0.2, 0) is 29.0 Å². The molecule has 1 heterocycles. The number of thioether (sulfide) groups is 1. The molecule has 1 aromatic carbocycles. The second-order valence-electron chi connectivity index (χ2n) is 6.88. The largest absolute Gasteiger partial charge is 0.306 e. The zero-order valence-corrected chi connectivity index (χ0v) is 17.2. The van der Waals surface area contributed by atoms with E-state index in [4.69, 9.17) is 0 Å². The van der Waals surface area contributed by atoms with Crippen molar-refractivity contribution < 1.29 is 9.59 Å². The van der Waals surface area contributed by atoms with Crippen LogP contribution in [0.4, 0.5) is 0 Å². The van der Waals surface area contributed by atoms with Crippen molar-refractivity contribution in [1.82, 2.24) is 14.8 Å². The Morgan fingerprint density at radius 1 is 1.18 bits per heavy atom. The molecule has 3 rings (SSSR count). The van der Waals surface area contributed by atoms with Gasteiger partial charge in [-0.1, -0.05) is 59.8 Å². The zero-order chi connectivity index (χ0) is 19.9. The minimum absolute atomic E-state index is 0.164. The molecule has 0 amide bonds. The van der Waals surface area contributed by atoms with Gasteiger partial charge in [-0.25, -0.2) is 0 Å². The molecule has 0 saturated carbocycles. The van der Waals surface area contributed by atoms with E-state index < -0.39 is 0 Å². The molecule has 0 spiro atoms. The first-order valence-electron chi connectivity index (χ1n) is 9.58. The van der Waals surface area contributed by atoms with Crippen LogP contribution in [-0.4, -0.2) is 32.1 Å². The number of nitrogens with zero attached hydrogens (tertiary/aromatic N) is 3. The Hall–Kier alpha value is -2.47. The normalized spacial score (nSPS) is 13.0. The van der Waals surface area contributed by atoms with Gasteiger partial charge in [0, 0.05) is 25.8 Å². The van der Waals surface area contributed by atoms with E-state index >= 15 is 0 Å². The quantitative estimate of drug-likeness (QED) is 0.571. The summed E-state index contributed by atoms with van der Waals surface area (Å²) in [6.45, 7) is 4.78. The molecule has 0 aliphatic heterocycles. The lowest BCUT2D eigenvalue weighted by atomic mass is 10.1. The van der Waals surface area contributed by atoms with Crippen molar-refractivity contribution in [3.63, 3.8) is 0 Å². The second kappa shape index (κ2) is 9.64. The molecule has 2 aromatic rings. The number of benzene rings is 1. The molecule has 0 bridgehead atoms. The van der Waals surface area contributed by atoms with E-state index in [1.54, 1.807) is 0 Å². The van der Waals surface area contributed by atoms with Crippen LogP contribution in [0.25, 0.3) is 0 Å². The number of hydrogen-bond acceptors (Lipinski definition) is 5. The smallest absolute Gasteiger partial charge is 0.191 e. The van der Waals surface area contributed by atoms with Gasteiger partial charge in [-0.05, 0) is 31.4 Å². The van der Waals surface area contributed by atoms with Gasteiger partial charge in [-0.2, -0.15) is 0 Å². The van der Waals surface area contributed by atoms with Crippen molar-refractivity contribution in [1.29, 1.82) is 0 Å². The standard InChI is InChI=1S/C22H25N3O2S/c1-3-25-21(13-12-20(27)18-6-4-5-7-18)23-24-22(25)28-15-19(26)14-17-10-8-16(2)9-11-17/h4-6,8-11H,3,7,12-15H2,1-2H3. The fourth-order valence-electron chi connectivity index (χ4n) is 3.10. The minimum atomic E-state index is 0.164. The third kappa shape index (κ3) is 5.29. The molecular formula is C22H25N3O2S. The molecule has 0 fully saturated rings. The summed E-state index contributed by atoms with van der Waals surface area (Å²) in [6, 6.07) is 8.04. The highest BCUT2D eigenvalue weighted by Crippen LogP contribution is 2.20. The van der Waals surface area contributed by atoms with Gasteiger partial charge in [0.25, 0.3) is 0 Å². The van der Waals surface area contributed by atoms with Crippen LogP contribution < -0.4 is 0 Å². The molecule has 6 heteroatoms. The number of aryl methyl sites for hydroxylation is 2. The van der Waals surface area contributed by atoms with Gasteiger partial charge in [0.05, 0.1) is 5.75 Å². The first kappa shape index (κ1) is 20.3. The Bertz CT molecular complexity index is 910. The van der Waals surface area contributed by atoms with E-state index in [2.05, 4.69) is 10.2 Å². The summed E-state index contributed by atoms with van der Waals surface area (Å²) >= 11 is 1.42. The van der Waals surface area contributed by atoms with Gasteiger partial charge in [0.2, 0.25) is 0 Å². The Morgan fingerprint density at radius 2 is 1.96 bits per heavy atom. The molecule has 28 heavy (non-hydrogen) atoms. The third-order valence-electron chi connectivity index (χ3n) is 4.70. The predicted octanol–water partition coefficient (Wildman–Crippen LogP) is 3.90. The van der Waals surface area contributed by atoms with E-state index in [1.807, 2.05) is 60.9 Å². The Balaban J connectivity index is 1.53. The number of carbonyl (C=O) groups is 2. The molecule has 0 saturated heterocycles. The van der Waals surface area contributed by atoms with Gasteiger partial charge >= 0.3 is 0 Å². The molecule has 0 radical (unpaired) electrons. The maximum Gasteiger partial charge on any atom is 0.191 e. The van der Waals surface area contributed by atoms with E-state index in [0.29, 0.717) is 25.0 Å². The van der Waals surface area contributed by atoms with Gasteiger partial charge in [0.1, 0.15) is 11.6 Å². The Morgan fingerprint density at radius 3 is 2.64 bits per heavy atom. The van der Waals surface area contributed by atoms with Gasteiger partial charge in [0.15, 0.2) is 10.9 Å². The van der Waals surface area contributed by atoms with Crippen LogP contribution in [0.1, 0.15) is 36.7 Å². The molecule has 1 aliphatic carbocycles. The van der Waals surface area contributed by atoms with Crippen molar-refractivity contribution >= 4 is 23.3 Å². The fourth-order valence-corrected chi connectivity index (χ4v) is 3.98. The summed E-state index contributed by atoms with van der Waals surface area (Å²) in [5.74, 6) is 1.50. The minimum Gasteiger partial charge on any atom is -0.306 e. The number of carbonyl (C=O) groups excluding carboxylic acids is 2. The summed E-state index contributed by atoms with van der Waals surface area (Å²) < 4.78 is 2.00. The third-order valence-corrected chi connectivity index (χ3v) is 5.73. The topological polar surface area (TPSA) is 64.8 Å². The lowest BCUT2D eigenvalue weighted by Gasteiger charge is -2.07. The molecule has 0 unspecified atom stereocenters. The van der Waals surface area contributed by atoms with Crippen LogP contribution in [0, 0.1) is 6.92 Å². The molecule has 146 valence electrons. The van der Waals surface area contributed by atoms with Crippen molar-refractivity contribution in [2.24, 2.45) is 0 Å². The Kier molecular flexibility index (Phi) is 6.98. The van der Waals surface area contributed by atoms with E-state index in [0.717, 1.165) is 35.1 Å². The molecule has 1 aromatic heterocycles. The van der Waals surface area contributed by atoms with Crippen LogP contribution in [0.5, 0.6) is 0 Å². The van der Waals surface area contributed by atoms with Crippen molar-refractivity contribution in [2.75, 3.05) is 5.75 Å². The number of rotatable bonds is 10. The molecule has 0 atom stereocenters. The van der Waals surface area contributed by atoms with E-state index in [9.17, 15) is 9.59 Å². The van der Waals surface area contributed by atoms with Gasteiger partial charge in [-0.3, -0.25) is 9.59 Å². The highest BCUT2D eigenvalue weighted by molar-refractivity contribution is 7.99. The summed E-state index contributed by atoms with van der Waals surface area (Å²) in [5.41, 5.74) is 3.08. The van der Waals surface area contributed by atoms with Crippen LogP contribution in [0.15, 0.2) is 53.2 Å². The molecule has 1 aliphatic rings. The maximum atomic E-state index is 12.3. The summed E-state index contributed by atoms with van der Waals surface area (Å²) in [4.78, 5) is 24.5. The highest BCUT2D eigenvalue weighted by Gasteiger charge is 2.16. The summed E-state index contributed by atoms with van der Waals surface area (Å²) in [6.07, 6.45) is 7.95. The Labute approximate surface area is 169 Å². The second-order valence-corrected chi connectivity index (χ2v) is 7.82. The van der Waals surface area contributed by atoms with Crippen molar-refractivity contribution in [3.8, 4) is 0 Å². The van der Waals surface area contributed by atoms with Gasteiger partial charge < -0.3 is 4.57 Å². The highest BCUT2D eigenvalue weighted by atomic mass is 32.2. The SMILES string of the molecule is CCn1c(CCC(=O)C2=CC=CC2)nnc1SCC(=O)Cc1ccc(C)cc1. The summed E-state index contributed by atoms with van der Waals surface area (Å²) in [5, 5.41) is 9.23. The molecular weight excluding hydrogens is 370 g/mol. The lowest BCUT2D eigenvalue weighted by Crippen LogP contribution is -2.09. The zero-order valence-electron chi connectivity index (χ0n) is 16.4. The fraction of sp³-hybridized carbons (Fsp3) is 0.364. The number of Topliss-reactive ketones (excluding diaryl/α,β-unsaturated/α-hetero) is 2. The number of hydrogen-bond donors (Lipinski definition) is 0. The molecule has 0 N–H and O–H groups in total. The van der Waals surface area contributed by atoms with Crippen molar-refractivity contribution in [3.05, 3.63) is 65.0 Å². The van der Waals surface area contributed by atoms with Gasteiger partial charge in [-0.15, -0.1) is 10.2 Å². The average molecular weight is 396 g/mol. The number of aromatic nitrogens is 3. The monoisotopic (exact) mass is 395 g/mol. The first-order valence-corrected chi connectivity index (χ1v) is 10.6. The number of allylic oxidation sites excluding steroid dienone is 4.